The zero-order valence-corrected chi connectivity index (χ0v) is 11.3. The van der Waals surface area contributed by atoms with Crippen LogP contribution in [0.2, 0.25) is 0 Å². The molecule has 2 rings (SSSR count). The lowest BCUT2D eigenvalue weighted by Crippen LogP contribution is -2.48. The number of carbonyl (C=O) groups is 1. The van der Waals surface area contributed by atoms with E-state index in [1.165, 1.54) is 0 Å². The maximum atomic E-state index is 13.3. The van der Waals surface area contributed by atoms with E-state index in [2.05, 4.69) is 11.4 Å². The fourth-order valence-electron chi connectivity index (χ4n) is 2.55. The lowest BCUT2D eigenvalue weighted by molar-refractivity contribution is -0.385. The standard InChI is InChI=1S/C14H14FN3O3/c15-10-4-5-12(18(20)21)11(8-10)13(19)17-14(9-16)6-2-1-3-7-14/h4-5,8H,1-3,6-7H2,(H,17,19). The summed E-state index contributed by atoms with van der Waals surface area (Å²) < 4.78 is 13.3. The van der Waals surface area contributed by atoms with Gasteiger partial charge < -0.3 is 5.32 Å². The first-order valence-corrected chi connectivity index (χ1v) is 6.65. The summed E-state index contributed by atoms with van der Waals surface area (Å²) in [6, 6.07) is 4.78. The predicted octanol–water partition coefficient (Wildman–Crippen LogP) is 2.69. The van der Waals surface area contributed by atoms with Crippen LogP contribution < -0.4 is 5.32 Å². The number of nitro benzene ring substituents is 1. The molecule has 110 valence electrons. The first-order valence-electron chi connectivity index (χ1n) is 6.65. The van der Waals surface area contributed by atoms with E-state index in [0.717, 1.165) is 37.5 Å². The lowest BCUT2D eigenvalue weighted by atomic mass is 9.82. The molecule has 0 atom stereocenters. The van der Waals surface area contributed by atoms with Crippen molar-refractivity contribution in [3.05, 3.63) is 39.7 Å². The minimum absolute atomic E-state index is 0.361. The highest BCUT2D eigenvalue weighted by Crippen LogP contribution is 2.29. The molecule has 21 heavy (non-hydrogen) atoms. The fourth-order valence-corrected chi connectivity index (χ4v) is 2.55. The summed E-state index contributed by atoms with van der Waals surface area (Å²) in [6.07, 6.45) is 3.59. The Hall–Kier alpha value is -2.49. The van der Waals surface area contributed by atoms with Crippen molar-refractivity contribution >= 4 is 11.6 Å². The Bertz CT molecular complexity index is 618. The minimum atomic E-state index is -1.02. The maximum Gasteiger partial charge on any atom is 0.282 e. The molecule has 0 radical (unpaired) electrons. The molecule has 0 unspecified atom stereocenters. The number of nitrogens with one attached hydrogen (secondary N) is 1. The molecule has 0 bridgehead atoms. The highest BCUT2D eigenvalue weighted by molar-refractivity contribution is 5.98. The van der Waals surface area contributed by atoms with Crippen LogP contribution in [0.1, 0.15) is 42.5 Å². The van der Waals surface area contributed by atoms with Crippen molar-refractivity contribution in [2.45, 2.75) is 37.6 Å². The molecule has 0 spiro atoms. The first-order chi connectivity index (χ1) is 9.97. The van der Waals surface area contributed by atoms with Gasteiger partial charge in [0.2, 0.25) is 0 Å². The van der Waals surface area contributed by atoms with Gasteiger partial charge in [-0.25, -0.2) is 4.39 Å². The third-order valence-electron chi connectivity index (χ3n) is 3.67. The molecule has 1 aliphatic carbocycles. The Morgan fingerprint density at radius 3 is 2.62 bits per heavy atom. The largest absolute Gasteiger partial charge is 0.333 e. The van der Waals surface area contributed by atoms with Crippen LogP contribution in [0, 0.1) is 27.3 Å². The van der Waals surface area contributed by atoms with Crippen molar-refractivity contribution in [1.82, 2.24) is 5.32 Å². The SMILES string of the molecule is N#CC1(NC(=O)c2cc(F)ccc2[N+](=O)[O-])CCCCC1. The van der Waals surface area contributed by atoms with Gasteiger partial charge >= 0.3 is 0 Å². The van der Waals surface area contributed by atoms with E-state index in [4.69, 9.17) is 0 Å². The Morgan fingerprint density at radius 1 is 1.38 bits per heavy atom. The molecular weight excluding hydrogens is 277 g/mol. The molecule has 1 saturated carbocycles. The van der Waals surface area contributed by atoms with Crippen molar-refractivity contribution in [3.63, 3.8) is 0 Å². The molecule has 0 saturated heterocycles. The van der Waals surface area contributed by atoms with E-state index in [1.54, 1.807) is 0 Å². The maximum absolute atomic E-state index is 13.3. The predicted molar refractivity (Wildman–Crippen MR) is 71.9 cm³/mol. The number of halogens is 1. The van der Waals surface area contributed by atoms with Crippen LogP contribution >= 0.6 is 0 Å². The zero-order valence-electron chi connectivity index (χ0n) is 11.3. The van der Waals surface area contributed by atoms with Gasteiger partial charge in [-0.1, -0.05) is 19.3 Å². The van der Waals surface area contributed by atoms with Crippen molar-refractivity contribution < 1.29 is 14.1 Å². The smallest absolute Gasteiger partial charge is 0.282 e. The summed E-state index contributed by atoms with van der Waals surface area (Å²) in [4.78, 5) is 22.4. The monoisotopic (exact) mass is 291 g/mol. The number of benzene rings is 1. The van der Waals surface area contributed by atoms with Crippen molar-refractivity contribution in [3.8, 4) is 6.07 Å². The number of nitro groups is 1. The number of hydrogen-bond donors (Lipinski definition) is 1. The van der Waals surface area contributed by atoms with Gasteiger partial charge in [0.05, 0.1) is 11.0 Å². The molecule has 0 aliphatic heterocycles. The molecule has 1 amide bonds. The Balaban J connectivity index is 2.30. The average molecular weight is 291 g/mol. The summed E-state index contributed by atoms with van der Waals surface area (Å²) in [5, 5.41) is 22.8. The molecule has 1 aromatic carbocycles. The molecule has 6 nitrogen and oxygen atoms in total. The summed E-state index contributed by atoms with van der Waals surface area (Å²) >= 11 is 0. The van der Waals surface area contributed by atoms with Gasteiger partial charge in [-0.15, -0.1) is 0 Å². The number of nitriles is 1. The number of hydrogen-bond acceptors (Lipinski definition) is 4. The third kappa shape index (κ3) is 3.16. The first kappa shape index (κ1) is 14.9. The molecule has 7 heteroatoms. The molecule has 1 aromatic rings. The van der Waals surface area contributed by atoms with Gasteiger partial charge in [-0.2, -0.15) is 5.26 Å². The van der Waals surface area contributed by atoms with Crippen LogP contribution in [0.15, 0.2) is 18.2 Å². The minimum Gasteiger partial charge on any atom is -0.333 e. The van der Waals surface area contributed by atoms with E-state index < -0.39 is 27.9 Å². The zero-order chi connectivity index (χ0) is 15.5. The summed E-state index contributed by atoms with van der Waals surface area (Å²) in [5.41, 5.74) is -1.85. The number of rotatable bonds is 3. The van der Waals surface area contributed by atoms with Crippen LogP contribution in [-0.2, 0) is 0 Å². The van der Waals surface area contributed by atoms with Gasteiger partial charge in [0.25, 0.3) is 11.6 Å². The number of carbonyl (C=O) groups excluding carboxylic acids is 1. The fraction of sp³-hybridized carbons (Fsp3) is 0.429. The van der Waals surface area contributed by atoms with Crippen molar-refractivity contribution in [2.75, 3.05) is 0 Å². The highest BCUT2D eigenvalue weighted by atomic mass is 19.1. The Kier molecular flexibility index (Phi) is 4.17. The average Bonchev–Trinajstić information content (AvgIpc) is 2.47. The van der Waals surface area contributed by atoms with Crippen LogP contribution in [-0.4, -0.2) is 16.4 Å². The Morgan fingerprint density at radius 2 is 2.05 bits per heavy atom. The lowest BCUT2D eigenvalue weighted by Gasteiger charge is -2.31. The molecule has 1 fully saturated rings. The molecule has 1 N–H and O–H groups in total. The van der Waals surface area contributed by atoms with Crippen LogP contribution in [0.5, 0.6) is 0 Å². The van der Waals surface area contributed by atoms with Gasteiger partial charge in [-0.05, 0) is 25.0 Å². The molecule has 0 heterocycles. The van der Waals surface area contributed by atoms with Crippen LogP contribution in [0.4, 0.5) is 10.1 Å². The molecule has 0 aromatic heterocycles. The van der Waals surface area contributed by atoms with Crippen molar-refractivity contribution in [1.29, 1.82) is 5.26 Å². The van der Waals surface area contributed by atoms with E-state index in [0.29, 0.717) is 12.8 Å². The Labute approximate surface area is 120 Å². The van der Waals surface area contributed by atoms with E-state index in [-0.39, 0.29) is 5.56 Å². The molecule has 1 aliphatic rings. The second kappa shape index (κ2) is 5.87. The summed E-state index contributed by atoms with van der Waals surface area (Å²) in [6.45, 7) is 0. The second-order valence-corrected chi connectivity index (χ2v) is 5.13. The summed E-state index contributed by atoms with van der Waals surface area (Å²) in [7, 11) is 0. The van der Waals surface area contributed by atoms with Gasteiger partial charge in [0, 0.05) is 6.07 Å². The van der Waals surface area contributed by atoms with E-state index in [1.807, 2.05) is 0 Å². The van der Waals surface area contributed by atoms with E-state index >= 15 is 0 Å². The van der Waals surface area contributed by atoms with Gasteiger partial charge in [-0.3, -0.25) is 14.9 Å². The van der Waals surface area contributed by atoms with Crippen LogP contribution in [0.3, 0.4) is 0 Å². The molecular formula is C14H14FN3O3. The highest BCUT2D eigenvalue weighted by Gasteiger charge is 2.35. The normalized spacial score (nSPS) is 16.8. The number of amides is 1. The number of nitrogens with zero attached hydrogens (tertiary/aromatic N) is 2. The van der Waals surface area contributed by atoms with Crippen LogP contribution in [0.25, 0.3) is 0 Å². The third-order valence-corrected chi connectivity index (χ3v) is 3.67. The van der Waals surface area contributed by atoms with Gasteiger partial charge in [0.1, 0.15) is 16.9 Å². The second-order valence-electron chi connectivity index (χ2n) is 5.13. The topological polar surface area (TPSA) is 96.0 Å². The van der Waals surface area contributed by atoms with Gasteiger partial charge in [0.15, 0.2) is 0 Å². The van der Waals surface area contributed by atoms with Crippen molar-refractivity contribution in [2.24, 2.45) is 0 Å². The van der Waals surface area contributed by atoms with E-state index in [9.17, 15) is 24.6 Å². The summed E-state index contributed by atoms with van der Waals surface area (Å²) in [5.74, 6) is -1.52. The quantitative estimate of drug-likeness (QED) is 0.684.